The maximum atomic E-state index is 11.5. The first-order chi connectivity index (χ1) is 14.8. The molecule has 164 valence electrons. The summed E-state index contributed by atoms with van der Waals surface area (Å²) in [6, 6.07) is 7.43. The number of carbonyl (C=O) groups is 1. The number of carbonyl (C=O) groups excluding carboxylic acids is 1. The molecule has 4 heterocycles. The summed E-state index contributed by atoms with van der Waals surface area (Å²) >= 11 is 0. The van der Waals surface area contributed by atoms with E-state index in [1.165, 1.54) is 6.42 Å². The van der Waals surface area contributed by atoms with E-state index in [9.17, 15) is 10.1 Å². The largest absolute Gasteiger partial charge is 0.463 e. The Labute approximate surface area is 181 Å². The molecule has 0 aromatic carbocycles. The van der Waals surface area contributed by atoms with Gasteiger partial charge < -0.3 is 19.4 Å². The number of nitriles is 1. The average Bonchev–Trinajstić information content (AvgIpc) is 3.40. The minimum Gasteiger partial charge on any atom is -0.463 e. The van der Waals surface area contributed by atoms with E-state index < -0.39 is 0 Å². The number of furan rings is 1. The summed E-state index contributed by atoms with van der Waals surface area (Å²) in [5.74, 6) is 1.24. The summed E-state index contributed by atoms with van der Waals surface area (Å²) < 4.78 is 12.1. The standard InChI is InChI=1S/C12H9N5O.C10H19NO2/c1-14-10-4-5-17-12(15-10)8(7-13)11(16-17)9-3-2-6-18-9;1-10(2,3)13-9(12)11-7-5-4-6-8-11/h2-6H,1H3,(H,14,15);4-8H2,1-3H3. The Morgan fingerprint density at radius 2 is 2.00 bits per heavy atom. The molecule has 1 N–H and O–H groups in total. The molecule has 1 amide bonds. The van der Waals surface area contributed by atoms with Gasteiger partial charge in [-0.2, -0.15) is 10.4 Å². The Hall–Kier alpha value is -3.54. The summed E-state index contributed by atoms with van der Waals surface area (Å²) in [4.78, 5) is 17.6. The van der Waals surface area contributed by atoms with Gasteiger partial charge in [-0.05, 0) is 58.2 Å². The number of hydrogen-bond donors (Lipinski definition) is 1. The van der Waals surface area contributed by atoms with E-state index in [1.807, 2.05) is 20.8 Å². The third-order valence-electron chi connectivity index (χ3n) is 4.62. The molecule has 31 heavy (non-hydrogen) atoms. The normalized spacial score (nSPS) is 13.8. The molecule has 1 fully saturated rings. The van der Waals surface area contributed by atoms with Crippen LogP contribution in [-0.4, -0.2) is 51.3 Å². The van der Waals surface area contributed by atoms with E-state index in [0.29, 0.717) is 28.5 Å². The number of ether oxygens (including phenoxy) is 1. The van der Waals surface area contributed by atoms with Crippen molar-refractivity contribution in [3.8, 4) is 17.5 Å². The molecule has 1 aliphatic heterocycles. The minimum atomic E-state index is -0.367. The van der Waals surface area contributed by atoms with Crippen LogP contribution in [0.5, 0.6) is 0 Å². The molecule has 0 unspecified atom stereocenters. The molecule has 0 bridgehead atoms. The lowest BCUT2D eigenvalue weighted by atomic mass is 10.1. The lowest BCUT2D eigenvalue weighted by Crippen LogP contribution is -2.39. The van der Waals surface area contributed by atoms with Crippen LogP contribution in [0.1, 0.15) is 45.6 Å². The summed E-state index contributed by atoms with van der Waals surface area (Å²) in [5, 5.41) is 16.5. The molecule has 3 aromatic heterocycles. The minimum absolute atomic E-state index is 0.160. The van der Waals surface area contributed by atoms with E-state index in [2.05, 4.69) is 21.5 Å². The molecule has 0 aliphatic carbocycles. The Morgan fingerprint density at radius 3 is 2.58 bits per heavy atom. The second-order valence-corrected chi connectivity index (χ2v) is 8.17. The van der Waals surface area contributed by atoms with Crippen molar-refractivity contribution in [3.05, 3.63) is 36.2 Å². The molecular weight excluding hydrogens is 396 g/mol. The maximum absolute atomic E-state index is 11.5. The predicted octanol–water partition coefficient (Wildman–Crippen LogP) is 4.31. The van der Waals surface area contributed by atoms with Crippen LogP contribution in [0.25, 0.3) is 17.1 Å². The Balaban J connectivity index is 0.000000187. The van der Waals surface area contributed by atoms with Gasteiger partial charge in [0, 0.05) is 26.3 Å². The van der Waals surface area contributed by atoms with Crippen LogP contribution in [0, 0.1) is 11.3 Å². The molecule has 0 radical (unpaired) electrons. The van der Waals surface area contributed by atoms with Crippen LogP contribution >= 0.6 is 0 Å². The van der Waals surface area contributed by atoms with Crippen LogP contribution in [0.15, 0.2) is 35.1 Å². The third-order valence-corrected chi connectivity index (χ3v) is 4.62. The Bertz CT molecular complexity index is 1050. The zero-order valence-corrected chi connectivity index (χ0v) is 18.4. The second-order valence-electron chi connectivity index (χ2n) is 8.17. The van der Waals surface area contributed by atoms with Crippen molar-refractivity contribution in [3.63, 3.8) is 0 Å². The summed E-state index contributed by atoms with van der Waals surface area (Å²) in [5.41, 5.74) is 1.05. The number of anilines is 1. The van der Waals surface area contributed by atoms with E-state index in [-0.39, 0.29) is 11.7 Å². The van der Waals surface area contributed by atoms with E-state index in [0.717, 1.165) is 25.9 Å². The Kier molecular flexibility index (Phi) is 6.80. The van der Waals surface area contributed by atoms with Gasteiger partial charge in [-0.3, -0.25) is 0 Å². The van der Waals surface area contributed by atoms with Crippen LogP contribution in [-0.2, 0) is 4.74 Å². The smallest absolute Gasteiger partial charge is 0.410 e. The van der Waals surface area contributed by atoms with E-state index in [1.54, 1.807) is 47.1 Å². The van der Waals surface area contributed by atoms with Gasteiger partial charge in [-0.1, -0.05) is 0 Å². The molecule has 1 saturated heterocycles. The first-order valence-corrected chi connectivity index (χ1v) is 10.3. The van der Waals surface area contributed by atoms with Crippen molar-refractivity contribution in [1.29, 1.82) is 5.26 Å². The molecular formula is C22H28N6O3. The fourth-order valence-electron chi connectivity index (χ4n) is 3.16. The van der Waals surface area contributed by atoms with Crippen molar-refractivity contribution in [1.82, 2.24) is 19.5 Å². The number of nitrogens with zero attached hydrogens (tertiary/aromatic N) is 5. The molecule has 9 nitrogen and oxygen atoms in total. The predicted molar refractivity (Wildman–Crippen MR) is 117 cm³/mol. The van der Waals surface area contributed by atoms with Gasteiger partial charge in [0.1, 0.15) is 28.7 Å². The highest BCUT2D eigenvalue weighted by molar-refractivity contribution is 5.72. The highest BCUT2D eigenvalue weighted by Gasteiger charge is 2.23. The number of piperidine rings is 1. The first kappa shape index (κ1) is 22.2. The summed E-state index contributed by atoms with van der Waals surface area (Å²) in [7, 11) is 1.77. The van der Waals surface area contributed by atoms with Crippen LogP contribution in [0.2, 0.25) is 0 Å². The number of aromatic nitrogens is 3. The summed E-state index contributed by atoms with van der Waals surface area (Å²) in [6.45, 7) is 7.41. The molecule has 0 saturated carbocycles. The number of hydrogen-bond acceptors (Lipinski definition) is 7. The van der Waals surface area contributed by atoms with Gasteiger partial charge in [-0.25, -0.2) is 14.3 Å². The van der Waals surface area contributed by atoms with Gasteiger partial charge in [0.2, 0.25) is 0 Å². The molecule has 3 aromatic rings. The highest BCUT2D eigenvalue weighted by Crippen LogP contribution is 2.25. The monoisotopic (exact) mass is 424 g/mol. The molecule has 0 atom stereocenters. The summed E-state index contributed by atoms with van der Waals surface area (Å²) in [6.07, 6.45) is 6.60. The SMILES string of the molecule is CC(C)(C)OC(=O)N1CCCCC1.CNc1ccn2nc(-c3ccco3)c(C#N)c2n1. The van der Waals surface area contributed by atoms with Crippen molar-refractivity contribution >= 4 is 17.6 Å². The maximum Gasteiger partial charge on any atom is 0.410 e. The van der Waals surface area contributed by atoms with Crippen molar-refractivity contribution < 1.29 is 13.9 Å². The van der Waals surface area contributed by atoms with Crippen molar-refractivity contribution in [2.75, 3.05) is 25.5 Å². The fourth-order valence-corrected chi connectivity index (χ4v) is 3.16. The average molecular weight is 425 g/mol. The van der Waals surface area contributed by atoms with Gasteiger partial charge >= 0.3 is 6.09 Å². The number of amides is 1. The van der Waals surface area contributed by atoms with Gasteiger partial charge in [0.15, 0.2) is 11.4 Å². The second kappa shape index (κ2) is 9.51. The molecule has 4 rings (SSSR count). The zero-order chi connectivity index (χ0) is 22.4. The molecule has 0 spiro atoms. The zero-order valence-electron chi connectivity index (χ0n) is 18.4. The number of rotatable bonds is 2. The van der Waals surface area contributed by atoms with Crippen molar-refractivity contribution in [2.24, 2.45) is 0 Å². The lowest BCUT2D eigenvalue weighted by Gasteiger charge is -2.29. The van der Waals surface area contributed by atoms with E-state index >= 15 is 0 Å². The number of fused-ring (bicyclic) bond motifs is 1. The number of likely N-dealkylation sites (tertiary alicyclic amines) is 1. The Morgan fingerprint density at radius 1 is 1.26 bits per heavy atom. The fraction of sp³-hybridized carbons (Fsp3) is 0.455. The van der Waals surface area contributed by atoms with Crippen LogP contribution in [0.3, 0.4) is 0 Å². The lowest BCUT2D eigenvalue weighted by molar-refractivity contribution is 0.0216. The quantitative estimate of drug-likeness (QED) is 0.653. The van der Waals surface area contributed by atoms with Gasteiger partial charge in [-0.15, -0.1) is 0 Å². The van der Waals surface area contributed by atoms with Crippen LogP contribution in [0.4, 0.5) is 10.6 Å². The number of nitrogens with one attached hydrogen (secondary N) is 1. The van der Waals surface area contributed by atoms with Crippen molar-refractivity contribution in [2.45, 2.75) is 45.6 Å². The molecule has 1 aliphatic rings. The third kappa shape index (κ3) is 5.54. The highest BCUT2D eigenvalue weighted by atomic mass is 16.6. The van der Waals surface area contributed by atoms with Gasteiger partial charge in [0.05, 0.1) is 6.26 Å². The topological polar surface area (TPSA) is 109 Å². The first-order valence-electron chi connectivity index (χ1n) is 10.3. The van der Waals surface area contributed by atoms with Gasteiger partial charge in [0.25, 0.3) is 0 Å². The molecule has 9 heteroatoms. The van der Waals surface area contributed by atoms with E-state index in [4.69, 9.17) is 9.15 Å². The van der Waals surface area contributed by atoms with Crippen LogP contribution < -0.4 is 5.32 Å².